The first-order valence-corrected chi connectivity index (χ1v) is 9.73. The normalized spacial score (nSPS) is 10.9. The van der Waals surface area contributed by atoms with Gasteiger partial charge >= 0.3 is 0 Å². The van der Waals surface area contributed by atoms with Gasteiger partial charge in [0.05, 0.1) is 30.7 Å². The molecule has 0 fully saturated rings. The van der Waals surface area contributed by atoms with Gasteiger partial charge in [0.2, 0.25) is 0 Å². The van der Waals surface area contributed by atoms with E-state index in [4.69, 9.17) is 4.42 Å². The minimum absolute atomic E-state index is 0.144. The van der Waals surface area contributed by atoms with Crippen molar-refractivity contribution in [3.05, 3.63) is 101 Å². The van der Waals surface area contributed by atoms with Crippen molar-refractivity contribution in [3.8, 4) is 11.4 Å². The van der Waals surface area contributed by atoms with Crippen molar-refractivity contribution in [2.24, 2.45) is 0 Å². The Labute approximate surface area is 175 Å². The summed E-state index contributed by atoms with van der Waals surface area (Å²) in [6.07, 6.45) is 1.58. The molecule has 30 heavy (non-hydrogen) atoms. The molecule has 0 bridgehead atoms. The van der Waals surface area contributed by atoms with E-state index in [-0.39, 0.29) is 18.2 Å². The van der Waals surface area contributed by atoms with Gasteiger partial charge in [0.15, 0.2) is 0 Å². The van der Waals surface area contributed by atoms with Crippen molar-refractivity contribution < 1.29 is 14.3 Å². The fraction of sp³-hybridized carbons (Fsp3) is 0.167. The molecule has 4 rings (SSSR count). The van der Waals surface area contributed by atoms with E-state index >= 15 is 0 Å². The molecule has 0 unspecified atom stereocenters. The minimum Gasteiger partial charge on any atom is -0.508 e. The Morgan fingerprint density at radius 2 is 1.80 bits per heavy atom. The van der Waals surface area contributed by atoms with Crippen LogP contribution in [0, 0.1) is 13.8 Å². The van der Waals surface area contributed by atoms with Crippen LogP contribution in [0.1, 0.15) is 33.1 Å². The lowest BCUT2D eigenvalue weighted by atomic mass is 10.1. The highest BCUT2D eigenvalue weighted by atomic mass is 16.3. The molecule has 0 spiro atoms. The summed E-state index contributed by atoms with van der Waals surface area (Å²) in [6.45, 7) is 4.52. The Bertz CT molecular complexity index is 1140. The van der Waals surface area contributed by atoms with Crippen molar-refractivity contribution in [2.45, 2.75) is 26.9 Å². The summed E-state index contributed by atoms with van der Waals surface area (Å²) in [4.78, 5) is 14.9. The molecule has 1 N–H and O–H groups in total. The van der Waals surface area contributed by atoms with Crippen LogP contribution in [0.5, 0.6) is 5.75 Å². The summed E-state index contributed by atoms with van der Waals surface area (Å²) >= 11 is 0. The molecule has 4 aromatic rings. The zero-order chi connectivity index (χ0) is 21.1. The van der Waals surface area contributed by atoms with Gasteiger partial charge in [-0.1, -0.05) is 18.2 Å². The van der Waals surface area contributed by atoms with Gasteiger partial charge in [0.25, 0.3) is 5.91 Å². The molecule has 6 nitrogen and oxygen atoms in total. The first kappa shape index (κ1) is 19.5. The number of phenolic OH excluding ortho intramolecular Hbond substituents is 1. The summed E-state index contributed by atoms with van der Waals surface area (Å²) in [5, 5.41) is 14.6. The molecular weight excluding hydrogens is 378 g/mol. The standard InChI is InChI=1S/C24H23N3O3/c1-17-14-18(2)27(25-17)21-11-9-19(10-12-21)24(29)26(16-22-7-5-13-30-22)15-20-6-3-4-8-23(20)28/h3-14,28H,15-16H2,1-2H3. The quantitative estimate of drug-likeness (QED) is 0.511. The van der Waals surface area contributed by atoms with Crippen LogP contribution in [-0.4, -0.2) is 25.7 Å². The molecule has 0 radical (unpaired) electrons. The third kappa shape index (κ3) is 4.12. The van der Waals surface area contributed by atoms with Crippen LogP contribution in [0.4, 0.5) is 0 Å². The van der Waals surface area contributed by atoms with Crippen molar-refractivity contribution in [1.29, 1.82) is 0 Å². The fourth-order valence-corrected chi connectivity index (χ4v) is 3.46. The second-order valence-electron chi connectivity index (χ2n) is 7.26. The van der Waals surface area contributed by atoms with Crippen LogP contribution in [0.25, 0.3) is 5.69 Å². The molecule has 0 aliphatic carbocycles. The molecule has 0 aliphatic rings. The smallest absolute Gasteiger partial charge is 0.254 e. The van der Waals surface area contributed by atoms with E-state index in [9.17, 15) is 9.90 Å². The maximum Gasteiger partial charge on any atom is 0.254 e. The topological polar surface area (TPSA) is 71.5 Å². The number of aromatic nitrogens is 2. The number of nitrogens with zero attached hydrogens (tertiary/aromatic N) is 3. The Kier molecular flexibility index (Phi) is 5.39. The summed E-state index contributed by atoms with van der Waals surface area (Å²) in [5.41, 5.74) is 4.11. The lowest BCUT2D eigenvalue weighted by Gasteiger charge is -2.22. The van der Waals surface area contributed by atoms with Crippen LogP contribution < -0.4 is 0 Å². The number of hydrogen-bond acceptors (Lipinski definition) is 4. The Morgan fingerprint density at radius 1 is 1.03 bits per heavy atom. The van der Waals surface area contributed by atoms with E-state index in [1.807, 2.05) is 54.9 Å². The summed E-state index contributed by atoms with van der Waals surface area (Å²) < 4.78 is 7.30. The molecular formula is C24H23N3O3. The van der Waals surface area contributed by atoms with Gasteiger partial charge in [-0.3, -0.25) is 4.79 Å². The second kappa shape index (κ2) is 8.29. The molecule has 0 atom stereocenters. The highest BCUT2D eigenvalue weighted by molar-refractivity contribution is 5.94. The number of aromatic hydroxyl groups is 1. The zero-order valence-corrected chi connectivity index (χ0v) is 16.9. The summed E-state index contributed by atoms with van der Waals surface area (Å²) in [5.74, 6) is 0.697. The molecule has 2 aromatic carbocycles. The Morgan fingerprint density at radius 3 is 2.43 bits per heavy atom. The Hall–Kier alpha value is -3.80. The number of hydrogen-bond donors (Lipinski definition) is 1. The van der Waals surface area contributed by atoms with Gasteiger partial charge in [-0.25, -0.2) is 4.68 Å². The molecule has 2 heterocycles. The van der Waals surface area contributed by atoms with Crippen LogP contribution in [0.3, 0.4) is 0 Å². The van der Waals surface area contributed by atoms with E-state index in [0.29, 0.717) is 23.4 Å². The molecule has 0 saturated heterocycles. The van der Waals surface area contributed by atoms with Crippen molar-refractivity contribution >= 4 is 5.91 Å². The maximum absolute atomic E-state index is 13.3. The molecule has 2 aromatic heterocycles. The average molecular weight is 401 g/mol. The van der Waals surface area contributed by atoms with Crippen molar-refractivity contribution in [2.75, 3.05) is 0 Å². The zero-order valence-electron chi connectivity index (χ0n) is 16.9. The second-order valence-corrected chi connectivity index (χ2v) is 7.26. The van der Waals surface area contributed by atoms with Crippen molar-refractivity contribution in [1.82, 2.24) is 14.7 Å². The van der Waals surface area contributed by atoms with Gasteiger partial charge in [-0.05, 0) is 62.4 Å². The monoisotopic (exact) mass is 401 g/mol. The number of rotatable bonds is 6. The number of benzene rings is 2. The molecule has 152 valence electrons. The van der Waals surface area contributed by atoms with E-state index in [2.05, 4.69) is 5.10 Å². The predicted octanol–water partition coefficient (Wildman–Crippen LogP) is 4.63. The van der Waals surface area contributed by atoms with Gasteiger partial charge in [0.1, 0.15) is 11.5 Å². The third-order valence-electron chi connectivity index (χ3n) is 4.94. The third-order valence-corrected chi connectivity index (χ3v) is 4.94. The van der Waals surface area contributed by atoms with Gasteiger partial charge < -0.3 is 14.4 Å². The average Bonchev–Trinajstić information content (AvgIpc) is 3.37. The number of furan rings is 1. The van der Waals surface area contributed by atoms with Gasteiger partial charge in [-0.15, -0.1) is 0 Å². The summed E-state index contributed by atoms with van der Waals surface area (Å²) in [7, 11) is 0. The number of phenols is 1. The van der Waals surface area contributed by atoms with Gasteiger partial charge in [0, 0.05) is 16.8 Å². The number of carbonyl (C=O) groups excluding carboxylic acids is 1. The van der Waals surface area contributed by atoms with Gasteiger partial charge in [-0.2, -0.15) is 5.10 Å². The van der Waals surface area contributed by atoms with Crippen LogP contribution in [-0.2, 0) is 13.1 Å². The molecule has 0 aliphatic heterocycles. The van der Waals surface area contributed by atoms with E-state index < -0.39 is 0 Å². The maximum atomic E-state index is 13.3. The largest absolute Gasteiger partial charge is 0.508 e. The Balaban J connectivity index is 1.60. The first-order chi connectivity index (χ1) is 14.5. The lowest BCUT2D eigenvalue weighted by Crippen LogP contribution is -2.30. The van der Waals surface area contributed by atoms with Crippen LogP contribution in [0.2, 0.25) is 0 Å². The van der Waals surface area contributed by atoms with Crippen LogP contribution >= 0.6 is 0 Å². The number of amides is 1. The predicted molar refractivity (Wildman–Crippen MR) is 113 cm³/mol. The number of para-hydroxylation sites is 1. The van der Waals surface area contributed by atoms with Crippen molar-refractivity contribution in [3.63, 3.8) is 0 Å². The first-order valence-electron chi connectivity index (χ1n) is 9.73. The molecule has 0 saturated carbocycles. The van der Waals surface area contributed by atoms with E-state index in [1.54, 1.807) is 41.5 Å². The van der Waals surface area contributed by atoms with E-state index in [0.717, 1.165) is 17.1 Å². The SMILES string of the molecule is Cc1cc(C)n(-c2ccc(C(=O)N(Cc3ccco3)Cc3ccccc3O)cc2)n1. The highest BCUT2D eigenvalue weighted by Gasteiger charge is 2.19. The molecule has 1 amide bonds. The highest BCUT2D eigenvalue weighted by Crippen LogP contribution is 2.22. The number of aryl methyl sites for hydroxylation is 2. The van der Waals surface area contributed by atoms with E-state index in [1.165, 1.54) is 0 Å². The summed E-state index contributed by atoms with van der Waals surface area (Å²) in [6, 6.07) is 20.0. The van der Waals surface area contributed by atoms with Crippen LogP contribution in [0.15, 0.2) is 77.4 Å². The lowest BCUT2D eigenvalue weighted by molar-refractivity contribution is 0.0716. The fourth-order valence-electron chi connectivity index (χ4n) is 3.46. The minimum atomic E-state index is -0.144. The number of carbonyl (C=O) groups is 1. The molecule has 6 heteroatoms.